The third kappa shape index (κ3) is 4.64. The van der Waals surface area contributed by atoms with Crippen LogP contribution in [0.2, 0.25) is 0 Å². The lowest BCUT2D eigenvalue weighted by atomic mass is 10.1. The maximum absolute atomic E-state index is 12.5. The van der Waals surface area contributed by atoms with Gasteiger partial charge in [0.05, 0.1) is 13.7 Å². The molecule has 0 heterocycles. The van der Waals surface area contributed by atoms with Gasteiger partial charge in [-0.05, 0) is 56.2 Å². The predicted molar refractivity (Wildman–Crippen MR) is 102 cm³/mol. The van der Waals surface area contributed by atoms with E-state index in [9.17, 15) is 10.1 Å². The van der Waals surface area contributed by atoms with E-state index in [4.69, 9.17) is 9.47 Å². The molecule has 2 aromatic carbocycles. The predicted octanol–water partition coefficient (Wildman–Crippen LogP) is 4.26. The average molecular weight is 350 g/mol. The number of nitrogens with zero attached hydrogens (tertiary/aromatic N) is 1. The van der Waals surface area contributed by atoms with Gasteiger partial charge in [0.25, 0.3) is 5.91 Å². The first-order valence-corrected chi connectivity index (χ1v) is 8.29. The number of amides is 1. The number of ether oxygens (including phenoxy) is 2. The number of benzene rings is 2. The summed E-state index contributed by atoms with van der Waals surface area (Å²) in [5.41, 5.74) is 3.43. The Hall–Kier alpha value is -3.26. The van der Waals surface area contributed by atoms with Crippen molar-refractivity contribution in [3.8, 4) is 17.6 Å². The fourth-order valence-electron chi connectivity index (χ4n) is 2.51. The summed E-state index contributed by atoms with van der Waals surface area (Å²) >= 11 is 0. The van der Waals surface area contributed by atoms with Gasteiger partial charge in [0.2, 0.25) is 0 Å². The minimum absolute atomic E-state index is 0.0117. The summed E-state index contributed by atoms with van der Waals surface area (Å²) in [6, 6.07) is 12.9. The van der Waals surface area contributed by atoms with Gasteiger partial charge >= 0.3 is 0 Å². The summed E-state index contributed by atoms with van der Waals surface area (Å²) in [7, 11) is 1.56. The molecule has 1 amide bonds. The molecule has 134 valence electrons. The number of aryl methyl sites for hydroxylation is 2. The Labute approximate surface area is 153 Å². The smallest absolute Gasteiger partial charge is 0.266 e. The lowest BCUT2D eigenvalue weighted by Gasteiger charge is -2.10. The van der Waals surface area contributed by atoms with E-state index < -0.39 is 5.91 Å². The molecule has 0 aliphatic rings. The van der Waals surface area contributed by atoms with E-state index in [1.807, 2.05) is 45.0 Å². The van der Waals surface area contributed by atoms with Crippen molar-refractivity contribution >= 4 is 17.7 Å². The highest BCUT2D eigenvalue weighted by Gasteiger charge is 2.12. The Morgan fingerprint density at radius 3 is 2.58 bits per heavy atom. The summed E-state index contributed by atoms with van der Waals surface area (Å²) in [5.74, 6) is 0.714. The van der Waals surface area contributed by atoms with Crippen molar-refractivity contribution in [3.63, 3.8) is 0 Å². The van der Waals surface area contributed by atoms with Gasteiger partial charge < -0.3 is 14.8 Å². The van der Waals surface area contributed by atoms with Crippen molar-refractivity contribution in [2.75, 3.05) is 19.0 Å². The number of rotatable bonds is 6. The second-order valence-corrected chi connectivity index (χ2v) is 5.79. The van der Waals surface area contributed by atoms with Crippen LogP contribution in [0.5, 0.6) is 11.5 Å². The molecule has 0 radical (unpaired) electrons. The fraction of sp³-hybridized carbons (Fsp3) is 0.238. The molecule has 0 aliphatic heterocycles. The summed E-state index contributed by atoms with van der Waals surface area (Å²) in [6.45, 7) is 6.26. The zero-order valence-electron chi connectivity index (χ0n) is 15.4. The highest BCUT2D eigenvalue weighted by atomic mass is 16.5. The second kappa shape index (κ2) is 8.72. The minimum atomic E-state index is -0.451. The van der Waals surface area contributed by atoms with Crippen molar-refractivity contribution in [1.29, 1.82) is 5.26 Å². The summed E-state index contributed by atoms with van der Waals surface area (Å²) in [6.07, 6.45) is 1.53. The molecule has 2 rings (SSSR count). The Morgan fingerprint density at radius 2 is 1.96 bits per heavy atom. The van der Waals surface area contributed by atoms with Gasteiger partial charge in [-0.2, -0.15) is 5.26 Å². The number of nitriles is 1. The zero-order chi connectivity index (χ0) is 19.1. The summed E-state index contributed by atoms with van der Waals surface area (Å²) in [5, 5.41) is 12.2. The molecule has 0 aromatic heterocycles. The van der Waals surface area contributed by atoms with Crippen LogP contribution >= 0.6 is 0 Å². The monoisotopic (exact) mass is 350 g/mol. The molecule has 2 aromatic rings. The van der Waals surface area contributed by atoms with Crippen molar-refractivity contribution in [1.82, 2.24) is 0 Å². The number of carbonyl (C=O) groups is 1. The van der Waals surface area contributed by atoms with E-state index in [-0.39, 0.29) is 5.57 Å². The molecule has 0 saturated carbocycles. The van der Waals surface area contributed by atoms with Crippen LogP contribution in [-0.2, 0) is 4.79 Å². The first-order valence-electron chi connectivity index (χ1n) is 8.29. The van der Waals surface area contributed by atoms with Crippen molar-refractivity contribution in [2.24, 2.45) is 0 Å². The summed E-state index contributed by atoms with van der Waals surface area (Å²) in [4.78, 5) is 12.5. The molecule has 1 N–H and O–H groups in total. The number of methoxy groups -OCH3 is 1. The molecular formula is C21H22N2O3. The van der Waals surface area contributed by atoms with E-state index in [0.717, 1.165) is 11.1 Å². The zero-order valence-corrected chi connectivity index (χ0v) is 15.4. The molecule has 0 bridgehead atoms. The highest BCUT2D eigenvalue weighted by molar-refractivity contribution is 6.10. The van der Waals surface area contributed by atoms with Gasteiger partial charge in [-0.25, -0.2) is 0 Å². The topological polar surface area (TPSA) is 71.3 Å². The van der Waals surface area contributed by atoms with Crippen LogP contribution in [0.15, 0.2) is 42.0 Å². The van der Waals surface area contributed by atoms with Gasteiger partial charge in [-0.1, -0.05) is 23.8 Å². The van der Waals surface area contributed by atoms with Crippen LogP contribution < -0.4 is 14.8 Å². The Kier molecular flexibility index (Phi) is 6.40. The van der Waals surface area contributed by atoms with Crippen molar-refractivity contribution < 1.29 is 14.3 Å². The van der Waals surface area contributed by atoms with Gasteiger partial charge in [-0.15, -0.1) is 0 Å². The number of carbonyl (C=O) groups excluding carboxylic acids is 1. The van der Waals surface area contributed by atoms with Crippen molar-refractivity contribution in [2.45, 2.75) is 20.8 Å². The standard InChI is InChI=1S/C21H22N2O3/c1-5-26-20-12-16(7-9-19(20)25-4)11-17(13-22)21(24)23-18-8-6-14(2)10-15(18)3/h6-12H,5H2,1-4H3,(H,23,24)/b17-11-. The molecule has 0 unspecified atom stereocenters. The third-order valence-electron chi connectivity index (χ3n) is 3.79. The van der Waals surface area contributed by atoms with Crippen LogP contribution in [-0.4, -0.2) is 19.6 Å². The number of hydrogen-bond acceptors (Lipinski definition) is 4. The van der Waals surface area contributed by atoms with E-state index in [2.05, 4.69) is 5.32 Å². The molecular weight excluding hydrogens is 328 g/mol. The largest absolute Gasteiger partial charge is 0.493 e. The van der Waals surface area contributed by atoms with Gasteiger partial charge in [0.1, 0.15) is 11.6 Å². The van der Waals surface area contributed by atoms with Crippen LogP contribution in [0.1, 0.15) is 23.6 Å². The molecule has 5 heteroatoms. The molecule has 0 atom stereocenters. The van der Waals surface area contributed by atoms with E-state index in [1.165, 1.54) is 6.08 Å². The Balaban J connectivity index is 2.28. The first kappa shape index (κ1) is 19.1. The normalized spacial score (nSPS) is 10.8. The van der Waals surface area contributed by atoms with Crippen LogP contribution in [0.25, 0.3) is 6.08 Å². The molecule has 0 fully saturated rings. The van der Waals surface area contributed by atoms with Gasteiger partial charge in [-0.3, -0.25) is 4.79 Å². The third-order valence-corrected chi connectivity index (χ3v) is 3.79. The first-order chi connectivity index (χ1) is 12.5. The molecule has 0 spiro atoms. The molecule has 5 nitrogen and oxygen atoms in total. The fourth-order valence-corrected chi connectivity index (χ4v) is 2.51. The number of anilines is 1. The summed E-state index contributed by atoms with van der Waals surface area (Å²) < 4.78 is 10.8. The number of hydrogen-bond donors (Lipinski definition) is 1. The average Bonchev–Trinajstić information content (AvgIpc) is 2.62. The Morgan fingerprint density at radius 1 is 1.19 bits per heavy atom. The second-order valence-electron chi connectivity index (χ2n) is 5.79. The van der Waals surface area contributed by atoms with E-state index in [1.54, 1.807) is 25.3 Å². The van der Waals surface area contributed by atoms with Crippen molar-refractivity contribution in [3.05, 3.63) is 58.7 Å². The Bertz CT molecular complexity index is 879. The van der Waals surface area contributed by atoms with E-state index in [0.29, 0.717) is 29.4 Å². The molecule has 0 saturated heterocycles. The van der Waals surface area contributed by atoms with Gasteiger partial charge in [0, 0.05) is 5.69 Å². The lowest BCUT2D eigenvalue weighted by Crippen LogP contribution is -2.14. The lowest BCUT2D eigenvalue weighted by molar-refractivity contribution is -0.112. The van der Waals surface area contributed by atoms with Gasteiger partial charge in [0.15, 0.2) is 11.5 Å². The number of nitrogens with one attached hydrogen (secondary N) is 1. The highest BCUT2D eigenvalue weighted by Crippen LogP contribution is 2.29. The quantitative estimate of drug-likeness (QED) is 0.624. The maximum Gasteiger partial charge on any atom is 0.266 e. The van der Waals surface area contributed by atoms with E-state index >= 15 is 0 Å². The molecule has 26 heavy (non-hydrogen) atoms. The minimum Gasteiger partial charge on any atom is -0.493 e. The SMILES string of the molecule is CCOc1cc(/C=C(/C#N)C(=O)Nc2ccc(C)cc2C)ccc1OC. The maximum atomic E-state index is 12.5. The van der Waals surface area contributed by atoms with Crippen LogP contribution in [0.4, 0.5) is 5.69 Å². The van der Waals surface area contributed by atoms with Crippen LogP contribution in [0, 0.1) is 25.2 Å². The molecule has 0 aliphatic carbocycles. The van der Waals surface area contributed by atoms with Crippen LogP contribution in [0.3, 0.4) is 0 Å².